The van der Waals surface area contributed by atoms with Crippen molar-refractivity contribution in [3.8, 4) is 0 Å². The number of hydrazone groups is 1. The molecule has 4 aliphatic rings. The minimum atomic E-state index is -0.633. The molecule has 2 atom stereocenters. The molecule has 6 rings (SSSR count). The highest BCUT2D eigenvalue weighted by Crippen LogP contribution is 2.63. The Hall–Kier alpha value is -2.57. The van der Waals surface area contributed by atoms with E-state index in [1.54, 1.807) is 12.4 Å². The third-order valence-corrected chi connectivity index (χ3v) is 6.72. The number of hydrogen-bond donors (Lipinski definition) is 0. The van der Waals surface area contributed by atoms with Crippen LogP contribution in [0.1, 0.15) is 43.0 Å². The van der Waals surface area contributed by atoms with Gasteiger partial charge in [0.25, 0.3) is 0 Å². The summed E-state index contributed by atoms with van der Waals surface area (Å²) in [6.45, 7) is 2.87. The zero-order valence-electron chi connectivity index (χ0n) is 15.7. The molecule has 0 N–H and O–H groups in total. The molecule has 1 aromatic heterocycles. The van der Waals surface area contributed by atoms with E-state index in [2.05, 4.69) is 10.2 Å². The molecule has 28 heavy (non-hydrogen) atoms. The average Bonchev–Trinajstić information content (AvgIpc) is 3.37. The summed E-state index contributed by atoms with van der Waals surface area (Å²) in [4.78, 5) is 13.4. The first-order chi connectivity index (χ1) is 13.4. The van der Waals surface area contributed by atoms with E-state index in [4.69, 9.17) is 0 Å². The van der Waals surface area contributed by atoms with E-state index in [9.17, 15) is 13.6 Å². The molecule has 2 heterocycles. The molecule has 3 fully saturated rings. The Bertz CT molecular complexity index is 943. The largest absolute Gasteiger partial charge is 0.272 e. The van der Waals surface area contributed by atoms with Gasteiger partial charge in [0.1, 0.15) is 11.6 Å². The van der Waals surface area contributed by atoms with Crippen molar-refractivity contribution in [2.45, 2.75) is 45.2 Å². The van der Waals surface area contributed by atoms with Crippen LogP contribution >= 0.6 is 0 Å². The number of halogens is 2. The SMILES string of the molecule is Cc1ccnn1CC1CC2(C(=O)N3N=CCC3c3cc(F)cc(F)c3)CC1C2. The van der Waals surface area contributed by atoms with Gasteiger partial charge in [-0.25, -0.2) is 13.8 Å². The van der Waals surface area contributed by atoms with Gasteiger partial charge in [0.15, 0.2) is 0 Å². The van der Waals surface area contributed by atoms with Crippen LogP contribution < -0.4 is 0 Å². The van der Waals surface area contributed by atoms with E-state index in [-0.39, 0.29) is 11.3 Å². The van der Waals surface area contributed by atoms with Crippen molar-refractivity contribution in [3.05, 3.63) is 53.4 Å². The Morgan fingerprint density at radius 1 is 1.21 bits per heavy atom. The number of nitrogens with zero attached hydrogens (tertiary/aromatic N) is 4. The second kappa shape index (κ2) is 6.22. The second-order valence-corrected chi connectivity index (χ2v) is 8.47. The molecule has 1 aromatic carbocycles. The van der Waals surface area contributed by atoms with Crippen molar-refractivity contribution in [1.29, 1.82) is 0 Å². The van der Waals surface area contributed by atoms with Crippen LogP contribution in [-0.2, 0) is 11.3 Å². The summed E-state index contributed by atoms with van der Waals surface area (Å²) in [7, 11) is 0. The maximum absolute atomic E-state index is 13.7. The fourth-order valence-corrected chi connectivity index (χ4v) is 5.30. The Balaban J connectivity index is 1.34. The van der Waals surface area contributed by atoms with Crippen LogP contribution in [0, 0.1) is 35.8 Å². The van der Waals surface area contributed by atoms with Gasteiger partial charge in [0.2, 0.25) is 5.91 Å². The zero-order chi connectivity index (χ0) is 19.5. The van der Waals surface area contributed by atoms with Gasteiger partial charge in [-0.3, -0.25) is 9.48 Å². The standard InChI is InChI=1S/C21H22F2N4O/c1-13-2-4-24-26(13)12-16-11-21(9-15(16)10-21)20(28)27-19(3-5-25-27)14-6-17(22)8-18(23)7-14/h2,4-8,15-16,19H,3,9-12H2,1H3. The van der Waals surface area contributed by atoms with Gasteiger partial charge in [0.05, 0.1) is 11.5 Å². The molecule has 5 nitrogen and oxygen atoms in total. The summed E-state index contributed by atoms with van der Waals surface area (Å²) in [6.07, 6.45) is 6.51. The molecule has 1 amide bonds. The smallest absolute Gasteiger partial charge is 0.249 e. The molecule has 1 aliphatic heterocycles. The summed E-state index contributed by atoms with van der Waals surface area (Å²) < 4.78 is 29.3. The molecular weight excluding hydrogens is 362 g/mol. The van der Waals surface area contributed by atoms with Gasteiger partial charge in [-0.2, -0.15) is 10.2 Å². The number of carbonyl (C=O) groups excluding carboxylic acids is 1. The topological polar surface area (TPSA) is 50.5 Å². The number of benzene rings is 1. The Morgan fingerprint density at radius 2 is 1.96 bits per heavy atom. The first kappa shape index (κ1) is 17.5. The van der Waals surface area contributed by atoms with Crippen LogP contribution in [0.2, 0.25) is 0 Å². The second-order valence-electron chi connectivity index (χ2n) is 8.47. The van der Waals surface area contributed by atoms with Crippen molar-refractivity contribution in [1.82, 2.24) is 14.8 Å². The van der Waals surface area contributed by atoms with Crippen LogP contribution in [0.25, 0.3) is 0 Å². The maximum atomic E-state index is 13.7. The minimum Gasteiger partial charge on any atom is -0.272 e. The van der Waals surface area contributed by atoms with Gasteiger partial charge < -0.3 is 0 Å². The van der Waals surface area contributed by atoms with Gasteiger partial charge in [0, 0.05) is 37.1 Å². The normalized spacial score (nSPS) is 30.7. The van der Waals surface area contributed by atoms with Crippen molar-refractivity contribution >= 4 is 12.1 Å². The fraction of sp³-hybridized carbons (Fsp3) is 0.476. The van der Waals surface area contributed by atoms with Crippen LogP contribution in [0.5, 0.6) is 0 Å². The summed E-state index contributed by atoms with van der Waals surface area (Å²) in [5, 5.41) is 10.1. The van der Waals surface area contributed by atoms with Gasteiger partial charge in [-0.15, -0.1) is 0 Å². The molecule has 3 saturated carbocycles. The van der Waals surface area contributed by atoms with Gasteiger partial charge in [-0.1, -0.05) is 0 Å². The summed E-state index contributed by atoms with van der Waals surface area (Å²) in [5.41, 5.74) is 1.20. The summed E-state index contributed by atoms with van der Waals surface area (Å²) in [6, 6.07) is 4.99. The lowest BCUT2D eigenvalue weighted by Crippen LogP contribution is -2.45. The fourth-order valence-electron chi connectivity index (χ4n) is 5.30. The number of hydrogen-bond acceptors (Lipinski definition) is 3. The molecule has 0 spiro atoms. The third kappa shape index (κ3) is 2.67. The molecule has 0 radical (unpaired) electrons. The predicted octanol–water partition coefficient (Wildman–Crippen LogP) is 3.85. The summed E-state index contributed by atoms with van der Waals surface area (Å²) in [5.74, 6) is -0.311. The van der Waals surface area contributed by atoms with Crippen LogP contribution in [0.4, 0.5) is 8.78 Å². The maximum Gasteiger partial charge on any atom is 0.249 e. The lowest BCUT2D eigenvalue weighted by molar-refractivity contribution is -0.148. The van der Waals surface area contributed by atoms with Crippen molar-refractivity contribution in [2.75, 3.05) is 0 Å². The number of rotatable bonds is 4. The Labute approximate surface area is 162 Å². The highest BCUT2D eigenvalue weighted by atomic mass is 19.1. The average molecular weight is 384 g/mol. The van der Waals surface area contributed by atoms with Crippen molar-refractivity contribution in [3.63, 3.8) is 0 Å². The quantitative estimate of drug-likeness (QED) is 0.804. The lowest BCUT2D eigenvalue weighted by Gasteiger charge is -2.40. The number of fused-ring (bicyclic) bond motifs is 1. The van der Waals surface area contributed by atoms with Crippen LogP contribution in [-0.4, -0.2) is 26.9 Å². The van der Waals surface area contributed by atoms with E-state index in [1.807, 2.05) is 17.7 Å². The number of amides is 1. The van der Waals surface area contributed by atoms with E-state index in [1.165, 1.54) is 17.1 Å². The van der Waals surface area contributed by atoms with Crippen LogP contribution in [0.15, 0.2) is 35.6 Å². The Kier molecular flexibility index (Phi) is 3.89. The third-order valence-electron chi connectivity index (χ3n) is 6.72. The first-order valence-electron chi connectivity index (χ1n) is 9.76. The van der Waals surface area contributed by atoms with Gasteiger partial charge in [-0.05, 0) is 61.8 Å². The molecule has 3 aliphatic carbocycles. The molecule has 2 unspecified atom stereocenters. The molecule has 2 aromatic rings. The number of aryl methyl sites for hydroxylation is 1. The summed E-state index contributed by atoms with van der Waals surface area (Å²) >= 11 is 0. The Morgan fingerprint density at radius 3 is 2.64 bits per heavy atom. The lowest BCUT2D eigenvalue weighted by atomic mass is 9.68. The molecule has 2 bridgehead atoms. The number of aromatic nitrogens is 2. The van der Waals surface area contributed by atoms with E-state index >= 15 is 0 Å². The van der Waals surface area contributed by atoms with Crippen molar-refractivity contribution in [2.24, 2.45) is 22.4 Å². The number of carbonyl (C=O) groups is 1. The van der Waals surface area contributed by atoms with Gasteiger partial charge >= 0.3 is 0 Å². The van der Waals surface area contributed by atoms with Crippen LogP contribution in [0.3, 0.4) is 0 Å². The van der Waals surface area contributed by atoms with E-state index in [0.29, 0.717) is 23.8 Å². The highest BCUT2D eigenvalue weighted by Gasteiger charge is 2.61. The minimum absolute atomic E-state index is 0.00754. The molecule has 7 heteroatoms. The zero-order valence-corrected chi connectivity index (χ0v) is 15.7. The molecular formula is C21H22F2N4O. The van der Waals surface area contributed by atoms with E-state index in [0.717, 1.165) is 37.6 Å². The monoisotopic (exact) mass is 384 g/mol. The first-order valence-corrected chi connectivity index (χ1v) is 9.76. The molecule has 146 valence electrons. The predicted molar refractivity (Wildman–Crippen MR) is 99.3 cm³/mol. The molecule has 0 saturated heterocycles. The highest BCUT2D eigenvalue weighted by molar-refractivity contribution is 5.86. The van der Waals surface area contributed by atoms with Crippen molar-refractivity contribution < 1.29 is 13.6 Å². The van der Waals surface area contributed by atoms with E-state index < -0.39 is 17.7 Å².